The van der Waals surface area contributed by atoms with Crippen LogP contribution in [0.4, 0.5) is 13.2 Å². The fourth-order valence-corrected chi connectivity index (χ4v) is 1.60. The van der Waals surface area contributed by atoms with Crippen LogP contribution in [0.15, 0.2) is 12.1 Å². The van der Waals surface area contributed by atoms with Crippen LogP contribution in [0.5, 0.6) is 5.75 Å². The SMILES string of the molecule is CCOc1c(Cl)cc(C(F)(F)F)cc1Cl. The van der Waals surface area contributed by atoms with Crippen LogP contribution in [0, 0.1) is 0 Å². The van der Waals surface area contributed by atoms with E-state index in [4.69, 9.17) is 27.9 Å². The van der Waals surface area contributed by atoms with E-state index in [2.05, 4.69) is 0 Å². The lowest BCUT2D eigenvalue weighted by molar-refractivity contribution is -0.137. The second-order valence-electron chi connectivity index (χ2n) is 2.70. The van der Waals surface area contributed by atoms with E-state index in [0.717, 1.165) is 12.1 Å². The molecule has 0 aliphatic rings. The molecule has 0 N–H and O–H groups in total. The first-order valence-electron chi connectivity index (χ1n) is 4.05. The van der Waals surface area contributed by atoms with Gasteiger partial charge in [0.15, 0.2) is 5.75 Å². The van der Waals surface area contributed by atoms with Crippen molar-refractivity contribution in [2.24, 2.45) is 0 Å². The Hall–Kier alpha value is -0.610. The summed E-state index contributed by atoms with van der Waals surface area (Å²) in [5, 5.41) is -0.284. The van der Waals surface area contributed by atoms with E-state index in [-0.39, 0.29) is 22.4 Å². The van der Waals surface area contributed by atoms with Crippen molar-refractivity contribution in [3.63, 3.8) is 0 Å². The Morgan fingerprint density at radius 2 is 1.67 bits per heavy atom. The summed E-state index contributed by atoms with van der Waals surface area (Å²) in [6, 6.07) is 1.58. The fraction of sp³-hybridized carbons (Fsp3) is 0.333. The normalized spacial score (nSPS) is 11.6. The molecule has 0 saturated heterocycles. The number of alkyl halides is 3. The number of hydrogen-bond acceptors (Lipinski definition) is 1. The number of ether oxygens (including phenoxy) is 1. The average Bonchev–Trinajstić information content (AvgIpc) is 2.09. The van der Waals surface area contributed by atoms with Crippen molar-refractivity contribution in [3.05, 3.63) is 27.7 Å². The third-order valence-electron chi connectivity index (χ3n) is 1.61. The Balaban J connectivity index is 3.19. The van der Waals surface area contributed by atoms with Crippen molar-refractivity contribution >= 4 is 23.2 Å². The highest BCUT2D eigenvalue weighted by Gasteiger charge is 2.32. The first-order chi connectivity index (χ1) is 6.86. The van der Waals surface area contributed by atoms with Crippen LogP contribution in [0.1, 0.15) is 12.5 Å². The predicted molar refractivity (Wildman–Crippen MR) is 52.6 cm³/mol. The van der Waals surface area contributed by atoms with E-state index < -0.39 is 11.7 Å². The van der Waals surface area contributed by atoms with Gasteiger partial charge in [0.1, 0.15) is 0 Å². The molecule has 0 unspecified atom stereocenters. The highest BCUT2D eigenvalue weighted by atomic mass is 35.5. The molecule has 0 spiro atoms. The number of rotatable bonds is 2. The molecule has 1 rings (SSSR count). The van der Waals surface area contributed by atoms with Gasteiger partial charge in [-0.15, -0.1) is 0 Å². The lowest BCUT2D eigenvalue weighted by Gasteiger charge is -2.12. The van der Waals surface area contributed by atoms with Gasteiger partial charge >= 0.3 is 6.18 Å². The van der Waals surface area contributed by atoms with Gasteiger partial charge in [0.2, 0.25) is 0 Å². The van der Waals surface area contributed by atoms with E-state index in [9.17, 15) is 13.2 Å². The first-order valence-corrected chi connectivity index (χ1v) is 4.81. The summed E-state index contributed by atoms with van der Waals surface area (Å²) in [6.07, 6.45) is -4.46. The van der Waals surface area contributed by atoms with Gasteiger partial charge in [-0.25, -0.2) is 0 Å². The van der Waals surface area contributed by atoms with Crippen LogP contribution in [0.2, 0.25) is 10.0 Å². The highest BCUT2D eigenvalue weighted by Crippen LogP contribution is 2.39. The molecule has 0 heterocycles. The average molecular weight is 259 g/mol. The number of halogens is 5. The maximum Gasteiger partial charge on any atom is 0.416 e. The molecule has 0 radical (unpaired) electrons. The van der Waals surface area contributed by atoms with E-state index in [0.29, 0.717) is 0 Å². The largest absolute Gasteiger partial charge is 0.491 e. The molecule has 6 heteroatoms. The van der Waals surface area contributed by atoms with Gasteiger partial charge in [-0.1, -0.05) is 23.2 Å². The van der Waals surface area contributed by atoms with E-state index in [1.807, 2.05) is 0 Å². The Bertz CT molecular complexity index is 340. The molecule has 0 aromatic heterocycles. The third kappa shape index (κ3) is 2.92. The molecule has 1 aromatic carbocycles. The topological polar surface area (TPSA) is 9.23 Å². The molecular weight excluding hydrogens is 252 g/mol. The van der Waals surface area contributed by atoms with E-state index in [1.54, 1.807) is 6.92 Å². The second kappa shape index (κ2) is 4.49. The van der Waals surface area contributed by atoms with E-state index in [1.165, 1.54) is 0 Å². The minimum Gasteiger partial charge on any atom is -0.491 e. The summed E-state index contributed by atoms with van der Waals surface area (Å²) in [5.74, 6) is 0.0776. The summed E-state index contributed by atoms with van der Waals surface area (Å²) in [4.78, 5) is 0. The molecule has 0 amide bonds. The zero-order chi connectivity index (χ0) is 11.6. The van der Waals surface area contributed by atoms with Gasteiger partial charge < -0.3 is 4.74 Å². The zero-order valence-electron chi connectivity index (χ0n) is 7.66. The fourth-order valence-electron chi connectivity index (χ4n) is 1.01. The van der Waals surface area contributed by atoms with Crippen molar-refractivity contribution in [3.8, 4) is 5.75 Å². The molecule has 0 aliphatic carbocycles. The molecule has 0 saturated carbocycles. The Morgan fingerprint density at radius 3 is 2.00 bits per heavy atom. The molecule has 0 fully saturated rings. The standard InChI is InChI=1S/C9H7Cl2F3O/c1-2-15-8-6(10)3-5(4-7(8)11)9(12,13)14/h3-4H,2H2,1H3. The summed E-state index contributed by atoms with van der Waals surface area (Å²) >= 11 is 11.2. The van der Waals surface area contributed by atoms with Gasteiger partial charge in [0, 0.05) is 0 Å². The first kappa shape index (κ1) is 12.5. The second-order valence-corrected chi connectivity index (χ2v) is 3.51. The Kier molecular flexibility index (Phi) is 3.73. The number of benzene rings is 1. The van der Waals surface area contributed by atoms with Gasteiger partial charge in [-0.2, -0.15) is 13.2 Å². The summed E-state index contributed by atoms with van der Waals surface area (Å²) in [5.41, 5.74) is -0.888. The molecular formula is C9H7Cl2F3O. The molecule has 1 nitrogen and oxygen atoms in total. The highest BCUT2D eigenvalue weighted by molar-refractivity contribution is 6.37. The Labute approximate surface area is 94.7 Å². The molecule has 0 aliphatic heterocycles. The number of hydrogen-bond donors (Lipinski definition) is 0. The quantitative estimate of drug-likeness (QED) is 0.764. The minimum absolute atomic E-state index is 0.0776. The molecule has 0 atom stereocenters. The van der Waals surface area contributed by atoms with Crippen LogP contribution in [0.3, 0.4) is 0 Å². The van der Waals surface area contributed by atoms with Crippen LogP contribution in [-0.2, 0) is 6.18 Å². The van der Waals surface area contributed by atoms with Gasteiger partial charge in [0.05, 0.1) is 22.2 Å². The van der Waals surface area contributed by atoms with Crippen LogP contribution >= 0.6 is 23.2 Å². The van der Waals surface area contributed by atoms with Crippen molar-refractivity contribution in [1.29, 1.82) is 0 Å². The molecule has 0 bridgehead atoms. The lowest BCUT2D eigenvalue weighted by Crippen LogP contribution is -2.05. The predicted octanol–water partition coefficient (Wildman–Crippen LogP) is 4.41. The summed E-state index contributed by atoms with van der Waals surface area (Å²) in [6.45, 7) is 1.97. The van der Waals surface area contributed by atoms with Gasteiger partial charge in [0.25, 0.3) is 0 Å². The minimum atomic E-state index is -4.46. The van der Waals surface area contributed by atoms with E-state index >= 15 is 0 Å². The van der Waals surface area contributed by atoms with Crippen molar-refractivity contribution in [1.82, 2.24) is 0 Å². The summed E-state index contributed by atoms with van der Waals surface area (Å²) < 4.78 is 41.9. The molecule has 84 valence electrons. The zero-order valence-corrected chi connectivity index (χ0v) is 9.17. The van der Waals surface area contributed by atoms with Crippen molar-refractivity contribution in [2.45, 2.75) is 13.1 Å². The molecule has 15 heavy (non-hydrogen) atoms. The van der Waals surface area contributed by atoms with Crippen LogP contribution < -0.4 is 4.74 Å². The monoisotopic (exact) mass is 258 g/mol. The Morgan fingerprint density at radius 1 is 1.20 bits per heavy atom. The third-order valence-corrected chi connectivity index (χ3v) is 2.18. The van der Waals surface area contributed by atoms with Crippen molar-refractivity contribution in [2.75, 3.05) is 6.61 Å². The van der Waals surface area contributed by atoms with Crippen molar-refractivity contribution < 1.29 is 17.9 Å². The maximum atomic E-state index is 12.3. The van der Waals surface area contributed by atoms with Gasteiger partial charge in [-0.3, -0.25) is 0 Å². The van der Waals surface area contributed by atoms with Crippen LogP contribution in [-0.4, -0.2) is 6.61 Å². The molecule has 1 aromatic rings. The lowest BCUT2D eigenvalue weighted by atomic mass is 10.2. The van der Waals surface area contributed by atoms with Gasteiger partial charge in [-0.05, 0) is 19.1 Å². The maximum absolute atomic E-state index is 12.3. The smallest absolute Gasteiger partial charge is 0.416 e. The summed E-state index contributed by atoms with van der Waals surface area (Å²) in [7, 11) is 0. The van der Waals surface area contributed by atoms with Crippen LogP contribution in [0.25, 0.3) is 0 Å².